The van der Waals surface area contributed by atoms with E-state index in [1.165, 1.54) is 13.1 Å². The van der Waals surface area contributed by atoms with Crippen molar-refractivity contribution in [2.75, 3.05) is 18.4 Å². The van der Waals surface area contributed by atoms with Crippen molar-refractivity contribution in [2.45, 2.75) is 6.92 Å². The van der Waals surface area contributed by atoms with E-state index < -0.39 is 0 Å². The minimum Gasteiger partial charge on any atom is -0.388 e. The van der Waals surface area contributed by atoms with Gasteiger partial charge in [0.25, 0.3) is 0 Å². The molecule has 0 bridgehead atoms. The molecule has 1 rings (SSSR count). The standard InChI is InChI=1S/C9H13N5OS/c1-6(15)11-2-4-13-9-7(8(10)16)12-3-5-14-9/h3,5H,2,4H2,1H3,(H2,10,16)(H,11,15)(H,13,14). The first-order valence-corrected chi connectivity index (χ1v) is 5.11. The predicted octanol–water partition coefficient (Wildman–Crippen LogP) is -0.341. The van der Waals surface area contributed by atoms with Gasteiger partial charge in [0.15, 0.2) is 5.82 Å². The third kappa shape index (κ3) is 3.77. The summed E-state index contributed by atoms with van der Waals surface area (Å²) in [6.07, 6.45) is 3.07. The summed E-state index contributed by atoms with van der Waals surface area (Å²) in [6, 6.07) is 0. The van der Waals surface area contributed by atoms with E-state index in [0.717, 1.165) is 0 Å². The number of nitrogens with zero attached hydrogens (tertiary/aromatic N) is 2. The molecule has 0 saturated carbocycles. The number of carbonyl (C=O) groups is 1. The lowest BCUT2D eigenvalue weighted by Gasteiger charge is -2.08. The molecule has 0 aliphatic rings. The van der Waals surface area contributed by atoms with Gasteiger partial charge in [-0.15, -0.1) is 0 Å². The van der Waals surface area contributed by atoms with Crippen LogP contribution in [-0.2, 0) is 4.79 Å². The smallest absolute Gasteiger partial charge is 0.216 e. The predicted molar refractivity (Wildman–Crippen MR) is 65.1 cm³/mol. The molecule has 0 spiro atoms. The van der Waals surface area contributed by atoms with Crippen molar-refractivity contribution >= 4 is 28.9 Å². The van der Waals surface area contributed by atoms with Crippen molar-refractivity contribution in [3.63, 3.8) is 0 Å². The number of carbonyl (C=O) groups excluding carboxylic acids is 1. The minimum atomic E-state index is -0.0736. The Balaban J connectivity index is 2.53. The Morgan fingerprint density at radius 3 is 2.75 bits per heavy atom. The molecule has 0 atom stereocenters. The molecule has 0 radical (unpaired) electrons. The van der Waals surface area contributed by atoms with Crippen LogP contribution in [-0.4, -0.2) is 34.0 Å². The molecule has 16 heavy (non-hydrogen) atoms. The van der Waals surface area contributed by atoms with Crippen molar-refractivity contribution in [2.24, 2.45) is 5.73 Å². The monoisotopic (exact) mass is 239 g/mol. The first-order chi connectivity index (χ1) is 7.61. The molecule has 0 aromatic carbocycles. The third-order valence-corrected chi connectivity index (χ3v) is 1.92. The number of anilines is 1. The summed E-state index contributed by atoms with van der Waals surface area (Å²) in [5.41, 5.74) is 5.94. The molecule has 4 N–H and O–H groups in total. The molecule has 1 aromatic rings. The van der Waals surface area contributed by atoms with Gasteiger partial charge in [-0.3, -0.25) is 4.79 Å². The summed E-state index contributed by atoms with van der Waals surface area (Å²) < 4.78 is 0. The van der Waals surface area contributed by atoms with Crippen molar-refractivity contribution in [1.82, 2.24) is 15.3 Å². The Hall–Kier alpha value is -1.76. The largest absolute Gasteiger partial charge is 0.388 e. The van der Waals surface area contributed by atoms with Crippen LogP contribution in [0.2, 0.25) is 0 Å². The van der Waals surface area contributed by atoms with Gasteiger partial charge in [0.05, 0.1) is 0 Å². The number of hydrogen-bond acceptors (Lipinski definition) is 5. The zero-order valence-electron chi connectivity index (χ0n) is 8.86. The first-order valence-electron chi connectivity index (χ1n) is 4.70. The van der Waals surface area contributed by atoms with E-state index in [-0.39, 0.29) is 10.9 Å². The third-order valence-electron chi connectivity index (χ3n) is 1.72. The normalized spacial score (nSPS) is 9.56. The highest BCUT2D eigenvalue weighted by molar-refractivity contribution is 7.80. The van der Waals surface area contributed by atoms with E-state index in [4.69, 9.17) is 18.0 Å². The minimum absolute atomic E-state index is 0.0736. The average Bonchev–Trinajstić information content (AvgIpc) is 2.24. The molecule has 0 unspecified atom stereocenters. The fourth-order valence-corrected chi connectivity index (χ4v) is 1.22. The quantitative estimate of drug-likeness (QED) is 0.481. The summed E-state index contributed by atoms with van der Waals surface area (Å²) in [6.45, 7) is 2.50. The zero-order chi connectivity index (χ0) is 12.0. The number of nitrogens with one attached hydrogen (secondary N) is 2. The van der Waals surface area contributed by atoms with E-state index in [9.17, 15) is 4.79 Å². The molecular formula is C9H13N5OS. The fraction of sp³-hybridized carbons (Fsp3) is 0.333. The summed E-state index contributed by atoms with van der Waals surface area (Å²) in [5, 5.41) is 5.64. The lowest BCUT2D eigenvalue weighted by molar-refractivity contribution is -0.118. The highest BCUT2D eigenvalue weighted by Crippen LogP contribution is 2.06. The van der Waals surface area contributed by atoms with Crippen LogP contribution in [0.4, 0.5) is 5.82 Å². The van der Waals surface area contributed by atoms with E-state index in [1.807, 2.05) is 0 Å². The molecule has 0 aliphatic carbocycles. The van der Waals surface area contributed by atoms with Gasteiger partial charge < -0.3 is 16.4 Å². The topological polar surface area (TPSA) is 92.9 Å². The molecule has 0 fully saturated rings. The van der Waals surface area contributed by atoms with Gasteiger partial charge in [-0.2, -0.15) is 0 Å². The maximum absolute atomic E-state index is 10.6. The SMILES string of the molecule is CC(=O)NCCNc1nccnc1C(N)=S. The summed E-state index contributed by atoms with van der Waals surface area (Å²) in [7, 11) is 0. The molecule has 7 heteroatoms. The number of thiocarbonyl (C=S) groups is 1. The molecule has 0 aliphatic heterocycles. The molecule has 1 aromatic heterocycles. The number of aromatic nitrogens is 2. The van der Waals surface area contributed by atoms with Crippen LogP contribution in [0.5, 0.6) is 0 Å². The van der Waals surface area contributed by atoms with Crippen LogP contribution in [0.3, 0.4) is 0 Å². The molecule has 0 saturated heterocycles. The number of hydrogen-bond donors (Lipinski definition) is 3. The van der Waals surface area contributed by atoms with E-state index in [2.05, 4.69) is 20.6 Å². The lowest BCUT2D eigenvalue weighted by Crippen LogP contribution is -2.27. The Kier molecular flexibility index (Phi) is 4.59. The lowest BCUT2D eigenvalue weighted by atomic mass is 10.4. The van der Waals surface area contributed by atoms with Crippen LogP contribution in [0, 0.1) is 0 Å². The molecule has 1 heterocycles. The molecule has 6 nitrogen and oxygen atoms in total. The van der Waals surface area contributed by atoms with Crippen LogP contribution >= 0.6 is 12.2 Å². The second-order valence-corrected chi connectivity index (χ2v) is 3.47. The van der Waals surface area contributed by atoms with Crippen LogP contribution in [0.25, 0.3) is 0 Å². The number of rotatable bonds is 5. The average molecular weight is 239 g/mol. The maximum Gasteiger partial charge on any atom is 0.216 e. The van der Waals surface area contributed by atoms with E-state index in [1.54, 1.807) is 6.20 Å². The zero-order valence-corrected chi connectivity index (χ0v) is 9.67. The highest BCUT2D eigenvalue weighted by Gasteiger charge is 2.06. The van der Waals surface area contributed by atoms with Gasteiger partial charge in [0.2, 0.25) is 5.91 Å². The summed E-state index contributed by atoms with van der Waals surface area (Å²) >= 11 is 4.84. The van der Waals surface area contributed by atoms with Crippen molar-refractivity contribution in [1.29, 1.82) is 0 Å². The number of nitrogens with two attached hydrogens (primary N) is 1. The number of amides is 1. The first kappa shape index (κ1) is 12.3. The van der Waals surface area contributed by atoms with Crippen LogP contribution in [0.15, 0.2) is 12.4 Å². The van der Waals surface area contributed by atoms with Gasteiger partial charge in [-0.25, -0.2) is 9.97 Å². The van der Waals surface area contributed by atoms with Crippen molar-refractivity contribution in [3.05, 3.63) is 18.1 Å². The van der Waals surface area contributed by atoms with Gasteiger partial charge in [-0.1, -0.05) is 12.2 Å². The van der Waals surface area contributed by atoms with Crippen LogP contribution in [0.1, 0.15) is 12.6 Å². The fourth-order valence-electron chi connectivity index (χ4n) is 1.07. The second-order valence-electron chi connectivity index (χ2n) is 3.03. The van der Waals surface area contributed by atoms with Gasteiger partial charge in [-0.05, 0) is 0 Å². The summed E-state index contributed by atoms with van der Waals surface area (Å²) in [5.74, 6) is 0.455. The van der Waals surface area contributed by atoms with Gasteiger partial charge in [0, 0.05) is 32.4 Å². The Labute approximate surface area is 98.7 Å². The molecule has 86 valence electrons. The van der Waals surface area contributed by atoms with Gasteiger partial charge in [0.1, 0.15) is 10.7 Å². The Morgan fingerprint density at radius 2 is 2.12 bits per heavy atom. The highest BCUT2D eigenvalue weighted by atomic mass is 32.1. The Bertz CT molecular complexity index is 395. The second kappa shape index (κ2) is 5.96. The maximum atomic E-state index is 10.6. The van der Waals surface area contributed by atoms with Gasteiger partial charge >= 0.3 is 0 Å². The van der Waals surface area contributed by atoms with E-state index in [0.29, 0.717) is 24.6 Å². The van der Waals surface area contributed by atoms with Crippen LogP contribution < -0.4 is 16.4 Å². The molecule has 1 amide bonds. The molecular weight excluding hydrogens is 226 g/mol. The van der Waals surface area contributed by atoms with Crippen molar-refractivity contribution in [3.8, 4) is 0 Å². The van der Waals surface area contributed by atoms with Crippen molar-refractivity contribution < 1.29 is 4.79 Å². The summed E-state index contributed by atoms with van der Waals surface area (Å²) in [4.78, 5) is 18.9. The Morgan fingerprint density at radius 1 is 1.44 bits per heavy atom. The van der Waals surface area contributed by atoms with E-state index >= 15 is 0 Å².